The van der Waals surface area contributed by atoms with Gasteiger partial charge in [-0.3, -0.25) is 10.1 Å². The molecule has 0 atom stereocenters. The van der Waals surface area contributed by atoms with Gasteiger partial charge in [-0.2, -0.15) is 0 Å². The highest BCUT2D eigenvalue weighted by molar-refractivity contribution is 8.00. The number of nitrogens with one attached hydrogen (secondary N) is 1. The molecular formula is C11H13FN2O3S. The normalized spacial score (nSPS) is 9.89. The van der Waals surface area contributed by atoms with Crippen LogP contribution in [0.5, 0.6) is 0 Å². The zero-order valence-electron chi connectivity index (χ0n) is 9.73. The number of amides is 2. The van der Waals surface area contributed by atoms with Crippen molar-refractivity contribution in [2.75, 3.05) is 18.1 Å². The summed E-state index contributed by atoms with van der Waals surface area (Å²) in [5, 5.41) is 2.05. The minimum atomic E-state index is -0.782. The lowest BCUT2D eigenvalue weighted by Crippen LogP contribution is -2.32. The summed E-state index contributed by atoms with van der Waals surface area (Å²) in [5.74, 6) is -0.940. The van der Waals surface area contributed by atoms with Crippen LogP contribution in [-0.4, -0.2) is 24.4 Å². The highest BCUT2D eigenvalue weighted by atomic mass is 32.2. The molecule has 1 aromatic carbocycles. The molecule has 2 amide bonds. The minimum absolute atomic E-state index is 0.00531. The number of ether oxygens (including phenoxy) is 1. The molecule has 1 rings (SSSR count). The molecule has 98 valence electrons. The van der Waals surface area contributed by atoms with E-state index in [1.807, 2.05) is 5.32 Å². The number of nitrogens with two attached hydrogens (primary N) is 1. The Labute approximate surface area is 108 Å². The van der Waals surface area contributed by atoms with Gasteiger partial charge in [0.05, 0.1) is 12.4 Å². The maximum atomic E-state index is 12.8. The first kappa shape index (κ1) is 14.3. The monoisotopic (exact) mass is 272 g/mol. The van der Waals surface area contributed by atoms with Crippen LogP contribution in [0, 0.1) is 5.82 Å². The van der Waals surface area contributed by atoms with Crippen LogP contribution >= 0.6 is 11.8 Å². The van der Waals surface area contributed by atoms with Crippen molar-refractivity contribution in [1.29, 1.82) is 0 Å². The Balaban J connectivity index is 2.45. The molecule has 0 aliphatic carbocycles. The second-order valence-corrected chi connectivity index (χ2v) is 4.26. The number of hydrogen-bond acceptors (Lipinski definition) is 5. The first-order valence-electron chi connectivity index (χ1n) is 5.17. The predicted molar refractivity (Wildman–Crippen MR) is 66.7 cm³/mol. The largest absolute Gasteiger partial charge is 0.450 e. The lowest BCUT2D eigenvalue weighted by Gasteiger charge is -2.06. The number of rotatable bonds is 4. The molecule has 0 aromatic heterocycles. The van der Waals surface area contributed by atoms with Gasteiger partial charge in [-0.1, -0.05) is 0 Å². The molecule has 18 heavy (non-hydrogen) atoms. The Bertz CT molecular complexity index is 454. The third kappa shape index (κ3) is 4.62. The molecule has 0 heterocycles. The van der Waals surface area contributed by atoms with E-state index in [1.165, 1.54) is 18.2 Å². The number of imide groups is 1. The Morgan fingerprint density at radius 2 is 2.22 bits per heavy atom. The van der Waals surface area contributed by atoms with Crippen molar-refractivity contribution >= 4 is 29.4 Å². The van der Waals surface area contributed by atoms with Crippen LogP contribution in [-0.2, 0) is 9.53 Å². The highest BCUT2D eigenvalue weighted by Gasteiger charge is 2.10. The molecule has 0 saturated heterocycles. The van der Waals surface area contributed by atoms with Crippen LogP contribution in [0.3, 0.4) is 0 Å². The first-order chi connectivity index (χ1) is 8.52. The van der Waals surface area contributed by atoms with Crippen molar-refractivity contribution in [1.82, 2.24) is 5.32 Å². The smallest absolute Gasteiger partial charge is 0.413 e. The fourth-order valence-electron chi connectivity index (χ4n) is 1.11. The van der Waals surface area contributed by atoms with Crippen molar-refractivity contribution in [2.45, 2.75) is 11.8 Å². The molecule has 7 heteroatoms. The molecule has 0 bridgehead atoms. The topological polar surface area (TPSA) is 81.4 Å². The molecular weight excluding hydrogens is 259 g/mol. The van der Waals surface area contributed by atoms with Gasteiger partial charge in [0.25, 0.3) is 0 Å². The Hall–Kier alpha value is -1.76. The fraction of sp³-hybridized carbons (Fsp3) is 0.273. The SMILES string of the molecule is CCOC(=O)NC(=O)CSc1ccc(F)cc1N. The second kappa shape index (κ2) is 6.85. The number of carbonyl (C=O) groups excluding carboxylic acids is 2. The van der Waals surface area contributed by atoms with Crippen LogP contribution in [0.15, 0.2) is 23.1 Å². The standard InChI is InChI=1S/C11H13FN2O3S/c1-2-17-11(16)14-10(15)6-18-9-4-3-7(12)5-8(9)13/h3-5H,2,6,13H2,1H3,(H,14,15,16). The molecule has 0 spiro atoms. The molecule has 1 aromatic rings. The second-order valence-electron chi connectivity index (χ2n) is 3.24. The van der Waals surface area contributed by atoms with E-state index < -0.39 is 17.8 Å². The van der Waals surface area contributed by atoms with E-state index in [1.54, 1.807) is 6.92 Å². The van der Waals surface area contributed by atoms with Crippen molar-refractivity contribution in [3.63, 3.8) is 0 Å². The third-order valence-electron chi connectivity index (χ3n) is 1.85. The van der Waals surface area contributed by atoms with Gasteiger partial charge >= 0.3 is 6.09 Å². The molecule has 5 nitrogen and oxygen atoms in total. The summed E-state index contributed by atoms with van der Waals surface area (Å²) >= 11 is 1.11. The van der Waals surface area contributed by atoms with Gasteiger partial charge in [0.2, 0.25) is 5.91 Å². The maximum Gasteiger partial charge on any atom is 0.413 e. The van der Waals surface area contributed by atoms with E-state index in [9.17, 15) is 14.0 Å². The summed E-state index contributed by atoms with van der Waals surface area (Å²) in [4.78, 5) is 22.8. The van der Waals surface area contributed by atoms with Gasteiger partial charge < -0.3 is 10.5 Å². The number of anilines is 1. The van der Waals surface area contributed by atoms with Gasteiger partial charge in [0.15, 0.2) is 0 Å². The summed E-state index contributed by atoms with van der Waals surface area (Å²) in [6.45, 7) is 1.83. The van der Waals surface area contributed by atoms with Crippen LogP contribution < -0.4 is 11.1 Å². The van der Waals surface area contributed by atoms with Crippen molar-refractivity contribution in [3.8, 4) is 0 Å². The van der Waals surface area contributed by atoms with E-state index in [0.717, 1.165) is 11.8 Å². The Morgan fingerprint density at radius 1 is 1.50 bits per heavy atom. The third-order valence-corrected chi connectivity index (χ3v) is 2.94. The lowest BCUT2D eigenvalue weighted by atomic mass is 10.3. The molecule has 0 fully saturated rings. The minimum Gasteiger partial charge on any atom is -0.450 e. The molecule has 0 unspecified atom stereocenters. The number of halogens is 1. The van der Waals surface area contributed by atoms with E-state index in [4.69, 9.17) is 5.73 Å². The summed E-state index contributed by atoms with van der Waals surface area (Å²) in [7, 11) is 0. The Morgan fingerprint density at radius 3 is 2.83 bits per heavy atom. The van der Waals surface area contributed by atoms with Gasteiger partial charge in [0.1, 0.15) is 5.82 Å². The number of benzene rings is 1. The lowest BCUT2D eigenvalue weighted by molar-refractivity contribution is -0.117. The highest BCUT2D eigenvalue weighted by Crippen LogP contribution is 2.25. The fourth-order valence-corrected chi connectivity index (χ4v) is 1.86. The quantitative estimate of drug-likeness (QED) is 0.645. The van der Waals surface area contributed by atoms with E-state index in [-0.39, 0.29) is 18.0 Å². The summed E-state index contributed by atoms with van der Waals surface area (Å²) in [5.41, 5.74) is 5.83. The van der Waals surface area contributed by atoms with E-state index in [2.05, 4.69) is 4.74 Å². The molecule has 0 radical (unpaired) electrons. The zero-order chi connectivity index (χ0) is 13.5. The Kier molecular flexibility index (Phi) is 5.44. The van der Waals surface area contributed by atoms with Crippen LogP contribution in [0.4, 0.5) is 14.9 Å². The zero-order valence-corrected chi connectivity index (χ0v) is 10.6. The van der Waals surface area contributed by atoms with Gasteiger partial charge in [-0.15, -0.1) is 11.8 Å². The average Bonchev–Trinajstić information content (AvgIpc) is 2.28. The number of thioether (sulfide) groups is 1. The molecule has 0 aliphatic rings. The van der Waals surface area contributed by atoms with Crippen molar-refractivity contribution in [3.05, 3.63) is 24.0 Å². The number of alkyl carbamates (subject to hydrolysis) is 1. The first-order valence-corrected chi connectivity index (χ1v) is 6.16. The summed E-state index contributed by atoms with van der Waals surface area (Å²) in [6.07, 6.45) is -0.782. The van der Waals surface area contributed by atoms with Crippen molar-refractivity contribution in [2.24, 2.45) is 0 Å². The average molecular weight is 272 g/mol. The predicted octanol–water partition coefficient (Wildman–Crippen LogP) is 1.77. The molecule has 3 N–H and O–H groups in total. The molecule has 0 saturated carbocycles. The van der Waals surface area contributed by atoms with Crippen LogP contribution in [0.25, 0.3) is 0 Å². The van der Waals surface area contributed by atoms with Gasteiger partial charge in [-0.25, -0.2) is 9.18 Å². The molecule has 0 aliphatic heterocycles. The van der Waals surface area contributed by atoms with Crippen LogP contribution in [0.2, 0.25) is 0 Å². The number of hydrogen-bond donors (Lipinski definition) is 2. The summed E-state index contributed by atoms with van der Waals surface area (Å²) < 4.78 is 17.3. The number of carbonyl (C=O) groups is 2. The van der Waals surface area contributed by atoms with Crippen molar-refractivity contribution < 1.29 is 18.7 Å². The van der Waals surface area contributed by atoms with Gasteiger partial charge in [-0.05, 0) is 25.1 Å². The van der Waals surface area contributed by atoms with Crippen LogP contribution in [0.1, 0.15) is 6.92 Å². The van der Waals surface area contributed by atoms with E-state index >= 15 is 0 Å². The maximum absolute atomic E-state index is 12.8. The van der Waals surface area contributed by atoms with Gasteiger partial charge in [0, 0.05) is 10.6 Å². The number of nitrogen functional groups attached to an aromatic ring is 1. The van der Waals surface area contributed by atoms with E-state index in [0.29, 0.717) is 4.90 Å². The summed E-state index contributed by atoms with van der Waals surface area (Å²) in [6, 6.07) is 3.90.